The zero-order valence-electron chi connectivity index (χ0n) is 13.8. The monoisotopic (exact) mass is 336 g/mol. The minimum absolute atomic E-state index is 0.206. The number of aromatic nitrogens is 3. The van der Waals surface area contributed by atoms with E-state index in [1.807, 2.05) is 12.1 Å². The molecule has 0 aliphatic rings. The van der Waals surface area contributed by atoms with Gasteiger partial charge in [-0.15, -0.1) is 4.72 Å². The first-order valence-corrected chi connectivity index (χ1v) is 9.23. The Morgan fingerprint density at radius 3 is 2.87 bits per heavy atom. The number of hydrogen-bond acceptors (Lipinski definition) is 7. The van der Waals surface area contributed by atoms with Crippen molar-refractivity contribution in [1.82, 2.24) is 19.7 Å². The van der Waals surface area contributed by atoms with Crippen LogP contribution in [0.4, 0.5) is 11.8 Å². The normalized spacial score (nSPS) is 15.3. The molecule has 126 valence electrons. The Hall–Kier alpha value is -1.64. The van der Waals surface area contributed by atoms with Crippen LogP contribution in [0.15, 0.2) is 18.3 Å². The Kier molecular flexibility index (Phi) is 5.97. The third-order valence-electron chi connectivity index (χ3n) is 3.64. The number of hydrogen-bond donors (Lipinski definition) is 3. The van der Waals surface area contributed by atoms with Crippen LogP contribution in [-0.2, 0) is 11.4 Å². The van der Waals surface area contributed by atoms with Gasteiger partial charge in [0.25, 0.3) is 0 Å². The van der Waals surface area contributed by atoms with Crippen LogP contribution in [0.2, 0.25) is 0 Å². The zero-order valence-corrected chi connectivity index (χ0v) is 14.6. The summed E-state index contributed by atoms with van der Waals surface area (Å²) in [5.41, 5.74) is 6.88. The van der Waals surface area contributed by atoms with Crippen LogP contribution in [0.1, 0.15) is 33.1 Å². The van der Waals surface area contributed by atoms with Crippen molar-refractivity contribution in [2.45, 2.75) is 38.6 Å². The van der Waals surface area contributed by atoms with E-state index in [0.717, 1.165) is 19.3 Å². The molecule has 0 saturated heterocycles. The highest BCUT2D eigenvalue weighted by Gasteiger charge is 2.27. The predicted molar refractivity (Wildman–Crippen MR) is 95.4 cm³/mol. The molecule has 8 heteroatoms. The zero-order chi connectivity index (χ0) is 16.9. The van der Waals surface area contributed by atoms with Gasteiger partial charge in [0.2, 0.25) is 5.95 Å². The van der Waals surface area contributed by atoms with Gasteiger partial charge in [0, 0.05) is 17.6 Å². The maximum atomic E-state index is 11.4. The Morgan fingerprint density at radius 2 is 2.17 bits per heavy atom. The van der Waals surface area contributed by atoms with E-state index >= 15 is 0 Å². The highest BCUT2D eigenvalue weighted by molar-refractivity contribution is 7.88. The van der Waals surface area contributed by atoms with Gasteiger partial charge in [-0.2, -0.15) is 4.98 Å². The van der Waals surface area contributed by atoms with Gasteiger partial charge >= 0.3 is 0 Å². The van der Waals surface area contributed by atoms with Crippen molar-refractivity contribution in [3.05, 3.63) is 18.3 Å². The number of anilines is 2. The SMILES string of the molecule is CCCCC(C)(CN[S+](C)[O-])Nc1nc(N)nc2cccnc12. The van der Waals surface area contributed by atoms with Crippen LogP contribution in [0.25, 0.3) is 11.0 Å². The van der Waals surface area contributed by atoms with Crippen molar-refractivity contribution in [3.63, 3.8) is 0 Å². The largest absolute Gasteiger partial charge is 0.598 e. The van der Waals surface area contributed by atoms with Gasteiger partial charge in [0.05, 0.1) is 17.6 Å². The molecule has 0 radical (unpaired) electrons. The molecular weight excluding hydrogens is 312 g/mol. The molecule has 2 aromatic rings. The van der Waals surface area contributed by atoms with Crippen LogP contribution in [0.5, 0.6) is 0 Å². The summed E-state index contributed by atoms with van der Waals surface area (Å²) in [7, 11) is 0. The van der Waals surface area contributed by atoms with Gasteiger partial charge < -0.3 is 15.6 Å². The molecule has 0 spiro atoms. The number of nitrogen functional groups attached to an aromatic ring is 1. The lowest BCUT2D eigenvalue weighted by Crippen LogP contribution is -2.46. The van der Waals surface area contributed by atoms with Crippen molar-refractivity contribution in [3.8, 4) is 0 Å². The smallest absolute Gasteiger partial charge is 0.222 e. The van der Waals surface area contributed by atoms with Crippen molar-refractivity contribution < 1.29 is 4.55 Å². The average molecular weight is 336 g/mol. The van der Waals surface area contributed by atoms with Gasteiger partial charge in [-0.05, 0) is 25.5 Å². The minimum atomic E-state index is -1.07. The summed E-state index contributed by atoms with van der Waals surface area (Å²) in [6.45, 7) is 4.77. The van der Waals surface area contributed by atoms with Crippen LogP contribution >= 0.6 is 0 Å². The molecule has 0 amide bonds. The Balaban J connectivity index is 2.31. The Morgan fingerprint density at radius 1 is 1.39 bits per heavy atom. The fourth-order valence-electron chi connectivity index (χ4n) is 2.38. The predicted octanol–water partition coefficient (Wildman–Crippen LogP) is 1.85. The van der Waals surface area contributed by atoms with Crippen LogP contribution in [-0.4, -0.2) is 37.8 Å². The van der Waals surface area contributed by atoms with Crippen LogP contribution in [0, 0.1) is 0 Å². The van der Waals surface area contributed by atoms with E-state index in [0.29, 0.717) is 23.4 Å². The molecule has 2 rings (SSSR count). The summed E-state index contributed by atoms with van der Waals surface area (Å²) in [4.78, 5) is 12.9. The fourth-order valence-corrected chi connectivity index (χ4v) is 2.90. The molecule has 23 heavy (non-hydrogen) atoms. The number of nitrogens with zero attached hydrogens (tertiary/aromatic N) is 3. The van der Waals surface area contributed by atoms with E-state index in [4.69, 9.17) is 5.73 Å². The van der Waals surface area contributed by atoms with E-state index in [1.54, 1.807) is 12.5 Å². The molecule has 0 aliphatic heterocycles. The number of nitrogens with two attached hydrogens (primary N) is 1. The molecule has 4 N–H and O–H groups in total. The number of nitrogens with one attached hydrogen (secondary N) is 2. The van der Waals surface area contributed by atoms with E-state index in [1.165, 1.54) is 0 Å². The van der Waals surface area contributed by atoms with E-state index in [2.05, 4.69) is 38.8 Å². The number of fused-ring (bicyclic) bond motifs is 1. The summed E-state index contributed by atoms with van der Waals surface area (Å²) in [6, 6.07) is 3.67. The van der Waals surface area contributed by atoms with E-state index < -0.39 is 11.4 Å². The highest BCUT2D eigenvalue weighted by Crippen LogP contribution is 2.25. The molecule has 2 atom stereocenters. The Labute approximate surface area is 139 Å². The van der Waals surface area contributed by atoms with E-state index in [9.17, 15) is 4.55 Å². The summed E-state index contributed by atoms with van der Waals surface area (Å²) >= 11 is -1.07. The summed E-state index contributed by atoms with van der Waals surface area (Å²) in [5, 5.41) is 3.44. The van der Waals surface area contributed by atoms with Gasteiger partial charge in [-0.25, -0.2) is 4.98 Å². The molecule has 2 unspecified atom stereocenters. The third-order valence-corrected chi connectivity index (χ3v) is 4.19. The van der Waals surface area contributed by atoms with Gasteiger partial charge in [0.15, 0.2) is 5.82 Å². The van der Waals surface area contributed by atoms with Crippen molar-refractivity contribution in [2.24, 2.45) is 0 Å². The first-order chi connectivity index (χ1) is 10.9. The number of pyridine rings is 1. The lowest BCUT2D eigenvalue weighted by Gasteiger charge is -2.31. The second-order valence-corrected chi connectivity index (χ2v) is 7.06. The maximum absolute atomic E-state index is 11.4. The number of rotatable bonds is 8. The quantitative estimate of drug-likeness (QED) is 0.631. The van der Waals surface area contributed by atoms with Gasteiger partial charge in [-0.3, -0.25) is 4.98 Å². The molecule has 7 nitrogen and oxygen atoms in total. The molecule has 0 aliphatic carbocycles. The second kappa shape index (κ2) is 7.76. The summed E-state index contributed by atoms with van der Waals surface area (Å²) < 4.78 is 14.4. The number of unbranched alkanes of at least 4 members (excludes halogenated alkanes) is 1. The Bertz CT molecular complexity index is 653. The minimum Gasteiger partial charge on any atom is -0.598 e. The second-order valence-electron chi connectivity index (χ2n) is 5.87. The standard InChI is InChI=1S/C15H24N6OS/c1-4-5-8-15(2,10-18-23(3)22)21-13-12-11(7-6-9-17-12)19-14(16)20-13/h6-7,9,18H,4-5,8,10H2,1-3H3,(H3,16,19,20,21). The topological polar surface area (TPSA) is 112 Å². The van der Waals surface area contributed by atoms with Crippen molar-refractivity contribution in [1.29, 1.82) is 0 Å². The maximum Gasteiger partial charge on any atom is 0.222 e. The summed E-state index contributed by atoms with van der Waals surface area (Å²) in [6.07, 6.45) is 6.37. The van der Waals surface area contributed by atoms with Gasteiger partial charge in [-0.1, -0.05) is 19.8 Å². The highest BCUT2D eigenvalue weighted by atomic mass is 32.2. The van der Waals surface area contributed by atoms with Crippen LogP contribution < -0.4 is 15.8 Å². The molecular formula is C15H24N6OS. The molecule has 0 bridgehead atoms. The van der Waals surface area contributed by atoms with Crippen LogP contribution in [0.3, 0.4) is 0 Å². The third kappa shape index (κ3) is 4.92. The van der Waals surface area contributed by atoms with E-state index in [-0.39, 0.29) is 11.5 Å². The summed E-state index contributed by atoms with van der Waals surface area (Å²) in [5.74, 6) is 0.813. The first-order valence-electron chi connectivity index (χ1n) is 7.67. The fraction of sp³-hybridized carbons (Fsp3) is 0.533. The molecule has 0 fully saturated rings. The first kappa shape index (κ1) is 17.7. The lowest BCUT2D eigenvalue weighted by atomic mass is 9.95. The lowest BCUT2D eigenvalue weighted by molar-refractivity contribution is 0.443. The molecule has 0 saturated carbocycles. The molecule has 0 aromatic carbocycles. The van der Waals surface area contributed by atoms with Gasteiger partial charge in [0.1, 0.15) is 11.8 Å². The molecule has 2 aromatic heterocycles. The molecule has 2 heterocycles. The van der Waals surface area contributed by atoms with Crippen molar-refractivity contribution >= 4 is 34.2 Å². The average Bonchev–Trinajstić information content (AvgIpc) is 2.51. The van der Waals surface area contributed by atoms with Crippen molar-refractivity contribution in [2.75, 3.05) is 23.9 Å².